The first-order chi connectivity index (χ1) is 7.17. The second-order valence-electron chi connectivity index (χ2n) is 4.64. The maximum Gasteiger partial charge on any atom is 0.0725 e. The average molecular weight is 209 g/mol. The molecule has 1 aromatic heterocycles. The molecule has 0 saturated carbocycles. The summed E-state index contributed by atoms with van der Waals surface area (Å²) in [6, 6.07) is 0. The maximum atomic E-state index is 4.16. The second-order valence-corrected chi connectivity index (χ2v) is 4.64. The summed E-state index contributed by atoms with van der Waals surface area (Å²) in [4.78, 5) is 0. The standard InChI is InChI=1S/C12H23N3/c1-5-10(3)7-12-8-13-14-15(12)9-11(4)6-2/h8,10-11H,5-7,9H2,1-4H3. The quantitative estimate of drug-likeness (QED) is 0.721. The first-order valence-corrected chi connectivity index (χ1v) is 6.04. The van der Waals surface area contributed by atoms with E-state index in [1.165, 1.54) is 18.5 Å². The summed E-state index contributed by atoms with van der Waals surface area (Å²) < 4.78 is 2.07. The molecule has 0 saturated heterocycles. The van der Waals surface area contributed by atoms with Crippen LogP contribution in [0, 0.1) is 11.8 Å². The summed E-state index contributed by atoms with van der Waals surface area (Å²) in [6.45, 7) is 9.99. The summed E-state index contributed by atoms with van der Waals surface area (Å²) >= 11 is 0. The lowest BCUT2D eigenvalue weighted by Crippen LogP contribution is -2.13. The predicted molar refractivity (Wildman–Crippen MR) is 62.6 cm³/mol. The molecule has 0 N–H and O–H groups in total. The number of aromatic nitrogens is 3. The Bertz CT molecular complexity index is 254. The van der Waals surface area contributed by atoms with E-state index in [1.54, 1.807) is 0 Å². The number of hydrogen-bond acceptors (Lipinski definition) is 2. The van der Waals surface area contributed by atoms with Crippen molar-refractivity contribution < 1.29 is 0 Å². The Morgan fingerprint density at radius 3 is 2.47 bits per heavy atom. The van der Waals surface area contributed by atoms with E-state index in [0.29, 0.717) is 5.92 Å². The summed E-state index contributed by atoms with van der Waals surface area (Å²) in [7, 11) is 0. The van der Waals surface area contributed by atoms with Crippen molar-refractivity contribution in [2.75, 3.05) is 0 Å². The van der Waals surface area contributed by atoms with Crippen LogP contribution in [0.4, 0.5) is 0 Å². The van der Waals surface area contributed by atoms with Crippen LogP contribution in [0.25, 0.3) is 0 Å². The molecular weight excluding hydrogens is 186 g/mol. The Kier molecular flexibility index (Phi) is 4.79. The maximum absolute atomic E-state index is 4.16. The van der Waals surface area contributed by atoms with Crippen molar-refractivity contribution in [3.8, 4) is 0 Å². The van der Waals surface area contributed by atoms with Crippen LogP contribution in [0.1, 0.15) is 46.2 Å². The zero-order valence-corrected chi connectivity index (χ0v) is 10.4. The van der Waals surface area contributed by atoms with Crippen molar-refractivity contribution in [2.45, 2.75) is 53.5 Å². The first-order valence-electron chi connectivity index (χ1n) is 6.04. The Morgan fingerprint density at radius 1 is 1.20 bits per heavy atom. The van der Waals surface area contributed by atoms with E-state index in [0.717, 1.165) is 18.9 Å². The molecule has 1 heterocycles. The molecule has 2 atom stereocenters. The van der Waals surface area contributed by atoms with E-state index in [-0.39, 0.29) is 0 Å². The van der Waals surface area contributed by atoms with E-state index >= 15 is 0 Å². The zero-order chi connectivity index (χ0) is 11.3. The lowest BCUT2D eigenvalue weighted by atomic mass is 10.0. The predicted octanol–water partition coefficient (Wildman–Crippen LogP) is 2.91. The fourth-order valence-electron chi connectivity index (χ4n) is 1.52. The molecule has 0 amide bonds. The summed E-state index contributed by atoms with van der Waals surface area (Å²) in [5.41, 5.74) is 1.28. The third-order valence-electron chi connectivity index (χ3n) is 3.13. The first kappa shape index (κ1) is 12.2. The van der Waals surface area contributed by atoms with Crippen LogP contribution in [0.5, 0.6) is 0 Å². The van der Waals surface area contributed by atoms with Gasteiger partial charge in [-0.3, -0.25) is 0 Å². The lowest BCUT2D eigenvalue weighted by molar-refractivity contribution is 0.411. The van der Waals surface area contributed by atoms with Crippen LogP contribution in [0.15, 0.2) is 6.20 Å². The van der Waals surface area contributed by atoms with Gasteiger partial charge in [0.2, 0.25) is 0 Å². The SMILES string of the molecule is CCC(C)Cc1cnnn1CC(C)CC. The highest BCUT2D eigenvalue weighted by atomic mass is 15.4. The van der Waals surface area contributed by atoms with Gasteiger partial charge < -0.3 is 0 Å². The van der Waals surface area contributed by atoms with Gasteiger partial charge in [0.15, 0.2) is 0 Å². The van der Waals surface area contributed by atoms with E-state index < -0.39 is 0 Å². The zero-order valence-electron chi connectivity index (χ0n) is 10.4. The molecule has 0 aliphatic rings. The molecule has 15 heavy (non-hydrogen) atoms. The van der Waals surface area contributed by atoms with E-state index in [4.69, 9.17) is 0 Å². The van der Waals surface area contributed by atoms with Crippen molar-refractivity contribution in [3.63, 3.8) is 0 Å². The van der Waals surface area contributed by atoms with Crippen molar-refractivity contribution in [2.24, 2.45) is 11.8 Å². The summed E-state index contributed by atoms with van der Waals surface area (Å²) in [5, 5.41) is 8.17. The van der Waals surface area contributed by atoms with Gasteiger partial charge in [-0.15, -0.1) is 5.10 Å². The molecule has 0 bridgehead atoms. The highest BCUT2D eigenvalue weighted by molar-refractivity contribution is 4.95. The smallest absolute Gasteiger partial charge is 0.0725 e. The molecule has 0 aliphatic carbocycles. The third kappa shape index (κ3) is 3.65. The van der Waals surface area contributed by atoms with Crippen molar-refractivity contribution >= 4 is 0 Å². The largest absolute Gasteiger partial charge is 0.249 e. The van der Waals surface area contributed by atoms with Crippen molar-refractivity contribution in [1.82, 2.24) is 15.0 Å². The van der Waals surface area contributed by atoms with Gasteiger partial charge >= 0.3 is 0 Å². The molecule has 1 aromatic rings. The van der Waals surface area contributed by atoms with Crippen LogP contribution < -0.4 is 0 Å². The van der Waals surface area contributed by atoms with Gasteiger partial charge in [0.05, 0.1) is 11.9 Å². The minimum atomic E-state index is 0.683. The number of nitrogens with zero attached hydrogens (tertiary/aromatic N) is 3. The van der Waals surface area contributed by atoms with Gasteiger partial charge in [-0.1, -0.05) is 45.7 Å². The summed E-state index contributed by atoms with van der Waals surface area (Å²) in [6.07, 6.45) is 5.42. The van der Waals surface area contributed by atoms with Crippen LogP contribution in [0.2, 0.25) is 0 Å². The van der Waals surface area contributed by atoms with Gasteiger partial charge in [-0.25, -0.2) is 4.68 Å². The minimum absolute atomic E-state index is 0.683. The van der Waals surface area contributed by atoms with Gasteiger partial charge in [0, 0.05) is 6.54 Å². The third-order valence-corrected chi connectivity index (χ3v) is 3.13. The molecule has 0 spiro atoms. The van der Waals surface area contributed by atoms with E-state index in [1.807, 2.05) is 6.20 Å². The lowest BCUT2D eigenvalue weighted by Gasteiger charge is -2.13. The Morgan fingerprint density at radius 2 is 1.87 bits per heavy atom. The molecule has 2 unspecified atom stereocenters. The molecule has 86 valence electrons. The minimum Gasteiger partial charge on any atom is -0.249 e. The van der Waals surface area contributed by atoms with Crippen molar-refractivity contribution in [1.29, 1.82) is 0 Å². The monoisotopic (exact) mass is 209 g/mol. The number of hydrogen-bond donors (Lipinski definition) is 0. The molecule has 0 aliphatic heterocycles. The molecular formula is C12H23N3. The van der Waals surface area contributed by atoms with E-state index in [2.05, 4.69) is 42.7 Å². The molecule has 0 radical (unpaired) electrons. The molecule has 1 rings (SSSR count). The fourth-order valence-corrected chi connectivity index (χ4v) is 1.52. The van der Waals surface area contributed by atoms with Crippen LogP contribution >= 0.6 is 0 Å². The Hall–Kier alpha value is -0.860. The molecule has 0 aromatic carbocycles. The topological polar surface area (TPSA) is 30.7 Å². The van der Waals surface area contributed by atoms with Gasteiger partial charge in [-0.2, -0.15) is 0 Å². The molecule has 3 nitrogen and oxygen atoms in total. The number of rotatable bonds is 6. The second kappa shape index (κ2) is 5.89. The van der Waals surface area contributed by atoms with Crippen LogP contribution in [0.3, 0.4) is 0 Å². The average Bonchev–Trinajstić information content (AvgIpc) is 2.65. The highest BCUT2D eigenvalue weighted by Crippen LogP contribution is 2.12. The highest BCUT2D eigenvalue weighted by Gasteiger charge is 2.09. The fraction of sp³-hybridized carbons (Fsp3) is 0.833. The van der Waals surface area contributed by atoms with Crippen molar-refractivity contribution in [3.05, 3.63) is 11.9 Å². The van der Waals surface area contributed by atoms with Crippen LogP contribution in [-0.2, 0) is 13.0 Å². The molecule has 3 heteroatoms. The van der Waals surface area contributed by atoms with Crippen LogP contribution in [-0.4, -0.2) is 15.0 Å². The van der Waals surface area contributed by atoms with Gasteiger partial charge in [0.1, 0.15) is 0 Å². The van der Waals surface area contributed by atoms with Gasteiger partial charge in [0.25, 0.3) is 0 Å². The normalized spacial score (nSPS) is 15.2. The van der Waals surface area contributed by atoms with Gasteiger partial charge in [-0.05, 0) is 18.3 Å². The molecule has 0 fully saturated rings. The summed E-state index contributed by atoms with van der Waals surface area (Å²) in [5.74, 6) is 1.40. The Labute approximate surface area is 92.9 Å². The Balaban J connectivity index is 2.60. The van der Waals surface area contributed by atoms with E-state index in [9.17, 15) is 0 Å².